The highest BCUT2D eigenvalue weighted by Crippen LogP contribution is 2.41. The molecule has 4 rings (SSSR count). The maximum absolute atomic E-state index is 13.7. The molecule has 0 bridgehead atoms. The quantitative estimate of drug-likeness (QED) is 0.280. The van der Waals surface area contributed by atoms with Crippen molar-refractivity contribution in [1.29, 1.82) is 0 Å². The Labute approximate surface area is 186 Å². The van der Waals surface area contributed by atoms with Crippen LogP contribution in [0.15, 0.2) is 96.1 Å². The van der Waals surface area contributed by atoms with Crippen LogP contribution >= 0.6 is 11.6 Å². The number of Topliss-reactive ketones (excluding diaryl/α,β-unsaturated/α-hetero) is 3. The van der Waals surface area contributed by atoms with E-state index in [4.69, 9.17) is 11.6 Å². The number of carbonyl (C=O) groups is 3. The molecular formula is C27H21ClO3. The van der Waals surface area contributed by atoms with Crippen LogP contribution in [0.4, 0.5) is 0 Å². The van der Waals surface area contributed by atoms with Gasteiger partial charge in [-0.05, 0) is 31.0 Å². The van der Waals surface area contributed by atoms with Crippen LogP contribution in [0.25, 0.3) is 0 Å². The van der Waals surface area contributed by atoms with E-state index in [-0.39, 0.29) is 23.1 Å². The molecule has 154 valence electrons. The maximum Gasteiger partial charge on any atom is 0.196 e. The van der Waals surface area contributed by atoms with Crippen LogP contribution in [0, 0.1) is 5.92 Å². The fourth-order valence-corrected chi connectivity index (χ4v) is 4.37. The van der Waals surface area contributed by atoms with Gasteiger partial charge in [0.15, 0.2) is 17.3 Å². The van der Waals surface area contributed by atoms with Gasteiger partial charge in [-0.2, -0.15) is 0 Å². The molecule has 0 aromatic heterocycles. The zero-order chi connectivity index (χ0) is 22.0. The van der Waals surface area contributed by atoms with Gasteiger partial charge in [0.1, 0.15) is 0 Å². The topological polar surface area (TPSA) is 51.2 Å². The second-order valence-corrected chi connectivity index (χ2v) is 8.22. The molecule has 31 heavy (non-hydrogen) atoms. The first-order valence-corrected chi connectivity index (χ1v) is 10.5. The second-order valence-electron chi connectivity index (χ2n) is 7.78. The minimum absolute atomic E-state index is 0.130. The fraction of sp³-hybridized carbons (Fsp3) is 0.148. The summed E-state index contributed by atoms with van der Waals surface area (Å²) in [6.45, 7) is 1.81. The number of benzene rings is 3. The summed E-state index contributed by atoms with van der Waals surface area (Å²) < 4.78 is 0. The van der Waals surface area contributed by atoms with E-state index in [2.05, 4.69) is 0 Å². The molecule has 0 aliphatic heterocycles. The number of rotatable bonds is 5. The van der Waals surface area contributed by atoms with Gasteiger partial charge in [-0.25, -0.2) is 0 Å². The molecule has 3 nitrogen and oxygen atoms in total. The van der Waals surface area contributed by atoms with Gasteiger partial charge in [0.05, 0.1) is 11.5 Å². The Balaban J connectivity index is 1.81. The summed E-state index contributed by atoms with van der Waals surface area (Å²) in [6, 6.07) is 24.7. The van der Waals surface area contributed by atoms with E-state index in [0.29, 0.717) is 28.1 Å². The maximum atomic E-state index is 13.7. The Morgan fingerprint density at radius 2 is 1.35 bits per heavy atom. The van der Waals surface area contributed by atoms with Gasteiger partial charge in [0, 0.05) is 22.1 Å². The van der Waals surface area contributed by atoms with Crippen molar-refractivity contribution in [2.75, 3.05) is 0 Å². The molecule has 0 saturated carbocycles. The Hall–Kier alpha value is -3.30. The van der Waals surface area contributed by atoms with Crippen molar-refractivity contribution in [3.05, 3.63) is 118 Å². The molecule has 0 fully saturated rings. The van der Waals surface area contributed by atoms with Gasteiger partial charge in [0.25, 0.3) is 0 Å². The zero-order valence-electron chi connectivity index (χ0n) is 17.0. The van der Waals surface area contributed by atoms with Gasteiger partial charge < -0.3 is 0 Å². The number of hydrogen-bond acceptors (Lipinski definition) is 3. The van der Waals surface area contributed by atoms with Crippen LogP contribution in [0.2, 0.25) is 5.02 Å². The first-order chi connectivity index (χ1) is 15.0. The third-order valence-electron chi connectivity index (χ3n) is 5.79. The fourth-order valence-electron chi connectivity index (χ4n) is 4.24. The summed E-state index contributed by atoms with van der Waals surface area (Å²) in [6.07, 6.45) is 0.449. The lowest BCUT2D eigenvalue weighted by molar-refractivity contribution is -0.118. The van der Waals surface area contributed by atoms with Gasteiger partial charge in [-0.15, -0.1) is 0 Å². The van der Waals surface area contributed by atoms with Crippen molar-refractivity contribution in [3.8, 4) is 0 Å². The molecular weight excluding hydrogens is 408 g/mol. The molecule has 0 saturated heterocycles. The lowest BCUT2D eigenvalue weighted by atomic mass is 9.68. The monoisotopic (exact) mass is 428 g/mol. The molecule has 2 atom stereocenters. The van der Waals surface area contributed by atoms with Crippen molar-refractivity contribution in [1.82, 2.24) is 0 Å². The van der Waals surface area contributed by atoms with E-state index in [9.17, 15) is 14.4 Å². The minimum atomic E-state index is -0.963. The lowest BCUT2D eigenvalue weighted by Crippen LogP contribution is -2.37. The van der Waals surface area contributed by atoms with Gasteiger partial charge in [-0.1, -0.05) is 90.0 Å². The van der Waals surface area contributed by atoms with E-state index in [1.807, 2.05) is 24.3 Å². The molecule has 3 aromatic carbocycles. The standard InChI is InChI=1S/C27H21ClO3/c1-17-16-22(18-12-14-21(28)15-13-18)24(26(30)20-10-6-3-7-11-20)27(31)23(17)25(29)19-8-4-2-5-9-19/h2-15,22,24H,16H2,1H3/t22-,24+/m1/s1. The molecule has 1 aliphatic carbocycles. The van der Waals surface area contributed by atoms with Gasteiger partial charge in [0.2, 0.25) is 0 Å². The van der Waals surface area contributed by atoms with Crippen LogP contribution < -0.4 is 0 Å². The van der Waals surface area contributed by atoms with Crippen LogP contribution in [-0.2, 0) is 4.79 Å². The smallest absolute Gasteiger partial charge is 0.196 e. The normalized spacial score (nSPS) is 18.7. The van der Waals surface area contributed by atoms with Crippen LogP contribution in [0.1, 0.15) is 45.5 Å². The van der Waals surface area contributed by atoms with Gasteiger partial charge >= 0.3 is 0 Å². The second kappa shape index (κ2) is 8.83. The summed E-state index contributed by atoms with van der Waals surface area (Å²) in [4.78, 5) is 40.4. The van der Waals surface area contributed by atoms with Crippen LogP contribution in [0.5, 0.6) is 0 Å². The Morgan fingerprint density at radius 3 is 1.94 bits per heavy atom. The van der Waals surface area contributed by atoms with E-state index in [1.54, 1.807) is 67.6 Å². The highest BCUT2D eigenvalue weighted by atomic mass is 35.5. The summed E-state index contributed by atoms with van der Waals surface area (Å²) >= 11 is 6.05. The first-order valence-electron chi connectivity index (χ1n) is 10.2. The molecule has 4 heteroatoms. The van der Waals surface area contributed by atoms with E-state index in [1.165, 1.54) is 0 Å². The van der Waals surface area contributed by atoms with Crippen LogP contribution in [0.3, 0.4) is 0 Å². The zero-order valence-corrected chi connectivity index (χ0v) is 17.8. The number of halogens is 1. The number of carbonyl (C=O) groups excluding carboxylic acids is 3. The number of allylic oxidation sites excluding steroid dienone is 2. The SMILES string of the molecule is CC1=C(C(=O)c2ccccc2)C(=O)[C@H](C(=O)c2ccccc2)[C@@H](c2ccc(Cl)cc2)C1. The van der Waals surface area contributed by atoms with Crippen molar-refractivity contribution < 1.29 is 14.4 Å². The first kappa shape index (κ1) is 21.0. The third-order valence-corrected chi connectivity index (χ3v) is 6.04. The molecule has 0 radical (unpaired) electrons. The molecule has 0 spiro atoms. The van der Waals surface area contributed by atoms with Gasteiger partial charge in [-0.3, -0.25) is 14.4 Å². The van der Waals surface area contributed by atoms with Crippen molar-refractivity contribution in [2.45, 2.75) is 19.3 Å². The molecule has 3 aromatic rings. The highest BCUT2D eigenvalue weighted by Gasteiger charge is 2.43. The van der Waals surface area contributed by atoms with E-state index >= 15 is 0 Å². The van der Waals surface area contributed by atoms with E-state index < -0.39 is 11.7 Å². The summed E-state index contributed by atoms with van der Waals surface area (Å²) in [5.74, 6) is -2.33. The van der Waals surface area contributed by atoms with Crippen molar-refractivity contribution in [2.24, 2.45) is 5.92 Å². The number of hydrogen-bond donors (Lipinski definition) is 0. The Bertz CT molecular complexity index is 1160. The summed E-state index contributed by atoms with van der Waals surface area (Å²) in [5, 5.41) is 0.587. The molecule has 0 heterocycles. The molecule has 1 aliphatic rings. The molecule has 0 amide bonds. The third kappa shape index (κ3) is 4.14. The Morgan fingerprint density at radius 1 is 0.806 bits per heavy atom. The summed E-state index contributed by atoms with van der Waals surface area (Å²) in [5.41, 5.74) is 2.60. The average Bonchev–Trinajstić information content (AvgIpc) is 2.80. The predicted molar refractivity (Wildman–Crippen MR) is 122 cm³/mol. The number of ketones is 3. The lowest BCUT2D eigenvalue weighted by Gasteiger charge is -2.32. The van der Waals surface area contributed by atoms with Crippen molar-refractivity contribution >= 4 is 29.0 Å². The summed E-state index contributed by atoms with van der Waals surface area (Å²) in [7, 11) is 0. The Kier molecular flexibility index (Phi) is 5.97. The van der Waals surface area contributed by atoms with E-state index in [0.717, 1.165) is 5.56 Å². The largest absolute Gasteiger partial charge is 0.293 e. The van der Waals surface area contributed by atoms with Crippen molar-refractivity contribution in [3.63, 3.8) is 0 Å². The highest BCUT2D eigenvalue weighted by molar-refractivity contribution is 6.32. The molecule has 0 unspecified atom stereocenters. The predicted octanol–water partition coefficient (Wildman–Crippen LogP) is 6.09. The van der Waals surface area contributed by atoms with Crippen LogP contribution in [-0.4, -0.2) is 17.3 Å². The minimum Gasteiger partial charge on any atom is -0.293 e. The average molecular weight is 429 g/mol. The molecule has 0 N–H and O–H groups in total.